The van der Waals surface area contributed by atoms with E-state index in [0.29, 0.717) is 30.5 Å². The molecule has 0 spiro atoms. The monoisotopic (exact) mass is 331 g/mol. The van der Waals surface area contributed by atoms with E-state index in [1.54, 1.807) is 4.31 Å². The van der Waals surface area contributed by atoms with Gasteiger partial charge in [-0.05, 0) is 55.2 Å². The van der Waals surface area contributed by atoms with Crippen LogP contribution in [0.2, 0.25) is 0 Å². The molecular weight excluding hydrogens is 313 g/mol. The van der Waals surface area contributed by atoms with Crippen LogP contribution in [0.3, 0.4) is 0 Å². The summed E-state index contributed by atoms with van der Waals surface area (Å²) in [4.78, 5) is 0.0267. The fourth-order valence-electron chi connectivity index (χ4n) is 2.47. The maximum absolute atomic E-state index is 13.5. The Labute approximate surface area is 130 Å². The Balaban J connectivity index is 1.93. The molecule has 0 atom stereocenters. The van der Waals surface area contributed by atoms with Crippen LogP contribution in [0, 0.1) is 17.7 Å². The number of halogens is 2. The van der Waals surface area contributed by atoms with Gasteiger partial charge in [-0.1, -0.05) is 6.07 Å². The molecule has 2 aliphatic rings. The normalized spacial score (nSPS) is 19.2. The Hall–Kier alpha value is -0.650. The number of rotatable bonds is 7. The molecule has 0 unspecified atom stereocenters. The SMILES string of the molecule is O=S(=O)(c1cc(F)ccc1CCl)N(CC1CC1)CC1CC1. The van der Waals surface area contributed by atoms with E-state index in [1.807, 2.05) is 0 Å². The number of sulfonamides is 1. The van der Waals surface area contributed by atoms with Crippen molar-refractivity contribution in [1.29, 1.82) is 0 Å². The van der Waals surface area contributed by atoms with Gasteiger partial charge in [-0.2, -0.15) is 4.31 Å². The van der Waals surface area contributed by atoms with Crippen LogP contribution in [0.1, 0.15) is 31.2 Å². The quantitative estimate of drug-likeness (QED) is 0.718. The Morgan fingerprint density at radius 1 is 1.14 bits per heavy atom. The third-order valence-electron chi connectivity index (χ3n) is 4.11. The molecule has 3 nitrogen and oxygen atoms in total. The van der Waals surface area contributed by atoms with Crippen LogP contribution in [-0.2, 0) is 15.9 Å². The molecule has 0 aliphatic heterocycles. The minimum atomic E-state index is -3.67. The predicted molar refractivity (Wildman–Crippen MR) is 80.2 cm³/mol. The van der Waals surface area contributed by atoms with E-state index in [4.69, 9.17) is 11.6 Å². The lowest BCUT2D eigenvalue weighted by molar-refractivity contribution is 0.381. The lowest BCUT2D eigenvalue weighted by atomic mass is 10.2. The first kappa shape index (κ1) is 15.3. The van der Waals surface area contributed by atoms with E-state index in [-0.39, 0.29) is 10.8 Å². The second-order valence-corrected chi connectivity index (χ2v) is 8.27. The van der Waals surface area contributed by atoms with Crippen molar-refractivity contribution in [2.75, 3.05) is 13.1 Å². The van der Waals surface area contributed by atoms with Gasteiger partial charge in [-0.15, -0.1) is 11.6 Å². The highest BCUT2D eigenvalue weighted by atomic mass is 35.5. The first-order valence-electron chi connectivity index (χ1n) is 7.35. The molecule has 2 fully saturated rings. The number of nitrogens with zero attached hydrogens (tertiary/aromatic N) is 1. The van der Waals surface area contributed by atoms with Crippen molar-refractivity contribution in [3.8, 4) is 0 Å². The predicted octanol–water partition coefficient (Wildman–Crippen LogP) is 3.38. The number of hydrogen-bond donors (Lipinski definition) is 0. The van der Waals surface area contributed by atoms with Crippen LogP contribution in [0.25, 0.3) is 0 Å². The molecular formula is C15H19ClFNO2S. The van der Waals surface area contributed by atoms with Gasteiger partial charge < -0.3 is 0 Å². The highest BCUT2D eigenvalue weighted by Gasteiger charge is 2.36. The fourth-order valence-corrected chi connectivity index (χ4v) is 4.60. The van der Waals surface area contributed by atoms with Crippen molar-refractivity contribution in [2.24, 2.45) is 11.8 Å². The Kier molecular flexibility index (Phi) is 4.26. The van der Waals surface area contributed by atoms with Crippen molar-refractivity contribution in [3.05, 3.63) is 29.6 Å². The zero-order valence-electron chi connectivity index (χ0n) is 11.8. The first-order chi connectivity index (χ1) is 10.0. The van der Waals surface area contributed by atoms with Gasteiger partial charge in [0.2, 0.25) is 10.0 Å². The first-order valence-corrected chi connectivity index (χ1v) is 9.32. The Morgan fingerprint density at radius 2 is 1.71 bits per heavy atom. The lowest BCUT2D eigenvalue weighted by Crippen LogP contribution is -2.35. The van der Waals surface area contributed by atoms with Gasteiger partial charge in [0.05, 0.1) is 4.90 Å². The van der Waals surface area contributed by atoms with Gasteiger partial charge in [0.15, 0.2) is 0 Å². The topological polar surface area (TPSA) is 37.4 Å². The van der Waals surface area contributed by atoms with E-state index in [1.165, 1.54) is 12.1 Å². The Morgan fingerprint density at radius 3 is 2.19 bits per heavy atom. The molecule has 3 rings (SSSR count). The molecule has 0 amide bonds. The third kappa shape index (κ3) is 3.58. The highest BCUT2D eigenvalue weighted by molar-refractivity contribution is 7.89. The van der Waals surface area contributed by atoms with Gasteiger partial charge in [0.1, 0.15) is 5.82 Å². The molecule has 0 radical (unpaired) electrons. The van der Waals surface area contributed by atoms with E-state index in [2.05, 4.69) is 0 Å². The van der Waals surface area contributed by atoms with E-state index < -0.39 is 15.8 Å². The summed E-state index contributed by atoms with van der Waals surface area (Å²) in [7, 11) is -3.67. The third-order valence-corrected chi connectivity index (χ3v) is 6.31. The maximum Gasteiger partial charge on any atom is 0.243 e. The molecule has 6 heteroatoms. The minimum absolute atomic E-state index is 0.0267. The van der Waals surface area contributed by atoms with Crippen LogP contribution in [0.15, 0.2) is 23.1 Å². The van der Waals surface area contributed by atoms with Crippen molar-refractivity contribution >= 4 is 21.6 Å². The number of hydrogen-bond acceptors (Lipinski definition) is 2. The van der Waals surface area contributed by atoms with E-state index in [9.17, 15) is 12.8 Å². The smallest absolute Gasteiger partial charge is 0.207 e. The van der Waals surface area contributed by atoms with Crippen molar-refractivity contribution in [2.45, 2.75) is 36.5 Å². The van der Waals surface area contributed by atoms with Gasteiger partial charge >= 0.3 is 0 Å². The summed E-state index contributed by atoms with van der Waals surface area (Å²) < 4.78 is 40.8. The summed E-state index contributed by atoms with van der Waals surface area (Å²) in [5, 5.41) is 0. The zero-order valence-corrected chi connectivity index (χ0v) is 13.3. The van der Waals surface area contributed by atoms with Crippen LogP contribution in [-0.4, -0.2) is 25.8 Å². The summed E-state index contributed by atoms with van der Waals surface area (Å²) in [6, 6.07) is 3.81. The van der Waals surface area contributed by atoms with E-state index in [0.717, 1.165) is 31.7 Å². The van der Waals surface area contributed by atoms with Crippen LogP contribution < -0.4 is 0 Å². The average Bonchev–Trinajstić information content (AvgIpc) is 3.33. The van der Waals surface area contributed by atoms with Gasteiger partial charge in [-0.25, -0.2) is 12.8 Å². The second-order valence-electron chi connectivity index (χ2n) is 6.09. The summed E-state index contributed by atoms with van der Waals surface area (Å²) >= 11 is 5.83. The Bertz CT molecular complexity index is 613. The largest absolute Gasteiger partial charge is 0.243 e. The summed E-state index contributed by atoms with van der Waals surface area (Å²) in [6.45, 7) is 1.11. The average molecular weight is 332 g/mol. The van der Waals surface area contributed by atoms with Gasteiger partial charge in [-0.3, -0.25) is 0 Å². The van der Waals surface area contributed by atoms with Gasteiger partial charge in [0, 0.05) is 19.0 Å². The molecule has 21 heavy (non-hydrogen) atoms. The standard InChI is InChI=1S/C15H19ClFNO2S/c16-8-13-5-6-14(17)7-15(13)21(19,20)18(9-11-1-2-11)10-12-3-4-12/h5-7,11-12H,1-4,8-10H2. The number of alkyl halides is 1. The molecule has 0 saturated heterocycles. The maximum atomic E-state index is 13.5. The van der Waals surface area contributed by atoms with Crippen LogP contribution in [0.4, 0.5) is 4.39 Å². The van der Waals surface area contributed by atoms with Crippen LogP contribution >= 0.6 is 11.6 Å². The van der Waals surface area contributed by atoms with Crippen molar-refractivity contribution < 1.29 is 12.8 Å². The molecule has 0 N–H and O–H groups in total. The fraction of sp³-hybridized carbons (Fsp3) is 0.600. The molecule has 116 valence electrons. The highest BCUT2D eigenvalue weighted by Crippen LogP contribution is 2.36. The van der Waals surface area contributed by atoms with Crippen molar-refractivity contribution in [3.63, 3.8) is 0 Å². The summed E-state index contributed by atoms with van der Waals surface area (Å²) in [5.74, 6) is 0.452. The molecule has 2 saturated carbocycles. The molecule has 0 bridgehead atoms. The lowest BCUT2D eigenvalue weighted by Gasteiger charge is -2.23. The molecule has 2 aliphatic carbocycles. The van der Waals surface area contributed by atoms with Crippen molar-refractivity contribution in [1.82, 2.24) is 4.31 Å². The van der Waals surface area contributed by atoms with Gasteiger partial charge in [0.25, 0.3) is 0 Å². The molecule has 0 aromatic heterocycles. The molecule has 1 aromatic rings. The van der Waals surface area contributed by atoms with Crippen LogP contribution in [0.5, 0.6) is 0 Å². The minimum Gasteiger partial charge on any atom is -0.207 e. The molecule has 1 aromatic carbocycles. The van der Waals surface area contributed by atoms with E-state index >= 15 is 0 Å². The molecule has 0 heterocycles. The number of benzene rings is 1. The summed E-state index contributed by atoms with van der Waals surface area (Å²) in [5.41, 5.74) is 0.467. The summed E-state index contributed by atoms with van der Waals surface area (Å²) in [6.07, 6.45) is 4.34. The second kappa shape index (κ2) is 5.86. The zero-order chi connectivity index (χ0) is 15.0.